The molecule has 2 aliphatic heterocycles. The first-order valence-corrected chi connectivity index (χ1v) is 10.4. The Morgan fingerprint density at radius 1 is 1.31 bits per heavy atom. The van der Waals surface area contributed by atoms with E-state index in [9.17, 15) is 18.0 Å². The Kier molecular flexibility index (Phi) is 7.20. The van der Waals surface area contributed by atoms with Gasteiger partial charge in [0, 0.05) is 51.7 Å². The zero-order valence-corrected chi connectivity index (χ0v) is 16.8. The van der Waals surface area contributed by atoms with Crippen LogP contribution >= 0.6 is 0 Å². The number of alkyl halides is 3. The van der Waals surface area contributed by atoms with Gasteiger partial charge in [0.25, 0.3) is 0 Å². The van der Waals surface area contributed by atoms with E-state index in [-0.39, 0.29) is 11.7 Å². The number of nitrogens with one attached hydrogen (secondary N) is 2. The van der Waals surface area contributed by atoms with E-state index < -0.39 is 12.7 Å². The molecule has 0 saturated carbocycles. The molecule has 0 radical (unpaired) electrons. The van der Waals surface area contributed by atoms with Gasteiger partial charge in [-0.15, -0.1) is 0 Å². The Bertz CT molecular complexity index is 756. The van der Waals surface area contributed by atoms with Crippen molar-refractivity contribution in [1.82, 2.24) is 29.9 Å². The second-order valence-corrected chi connectivity index (χ2v) is 7.63. The van der Waals surface area contributed by atoms with Gasteiger partial charge in [0.2, 0.25) is 0 Å². The number of aryl methyl sites for hydroxylation is 2. The van der Waals surface area contributed by atoms with Crippen LogP contribution in [0.15, 0.2) is 9.79 Å². The molecule has 1 aromatic heterocycles. The van der Waals surface area contributed by atoms with Gasteiger partial charge < -0.3 is 10.6 Å². The molecular weight excluding hydrogens is 387 g/mol. The lowest BCUT2D eigenvalue weighted by molar-refractivity contribution is -0.143. The summed E-state index contributed by atoms with van der Waals surface area (Å²) in [6.07, 6.45) is 0.0790. The fourth-order valence-electron chi connectivity index (χ4n) is 3.87. The van der Waals surface area contributed by atoms with E-state index in [0.29, 0.717) is 51.5 Å². The second-order valence-electron chi connectivity index (χ2n) is 7.63. The van der Waals surface area contributed by atoms with Gasteiger partial charge in [0.15, 0.2) is 5.96 Å². The van der Waals surface area contributed by atoms with Crippen LogP contribution < -0.4 is 16.3 Å². The van der Waals surface area contributed by atoms with Gasteiger partial charge in [0.1, 0.15) is 5.82 Å². The zero-order valence-electron chi connectivity index (χ0n) is 16.8. The highest BCUT2D eigenvalue weighted by Crippen LogP contribution is 2.19. The maximum Gasteiger partial charge on any atom is 0.401 e. The summed E-state index contributed by atoms with van der Waals surface area (Å²) in [5, 5.41) is 10.8. The first-order valence-electron chi connectivity index (χ1n) is 10.4. The number of fused-ring (bicyclic) bond motifs is 1. The molecule has 2 N–H and O–H groups in total. The number of aromatic nitrogens is 3. The number of hydrogen-bond acceptors (Lipinski definition) is 4. The van der Waals surface area contributed by atoms with Crippen LogP contribution in [0.25, 0.3) is 0 Å². The van der Waals surface area contributed by atoms with Crippen molar-refractivity contribution in [2.75, 3.05) is 32.7 Å². The van der Waals surface area contributed by atoms with Crippen LogP contribution in [-0.4, -0.2) is 70.1 Å². The van der Waals surface area contributed by atoms with E-state index in [0.717, 1.165) is 31.6 Å². The summed E-state index contributed by atoms with van der Waals surface area (Å²) in [4.78, 5) is 18.2. The Morgan fingerprint density at radius 2 is 2.14 bits per heavy atom. The number of rotatable bonds is 7. The first-order chi connectivity index (χ1) is 13.9. The predicted molar refractivity (Wildman–Crippen MR) is 104 cm³/mol. The molecule has 29 heavy (non-hydrogen) atoms. The standard InChI is InChI=1S/C18H30F3N7O/c1-2-22-16(24-14-7-11-26(12-14)13-18(19,20)21)23-8-5-10-28-17(29)27-9-4-3-6-15(27)25-28/h14H,2-13H2,1H3,(H2,22,23,24). The summed E-state index contributed by atoms with van der Waals surface area (Å²) in [5.74, 6) is 1.47. The monoisotopic (exact) mass is 417 g/mol. The summed E-state index contributed by atoms with van der Waals surface area (Å²) in [6.45, 7) is 4.25. The summed E-state index contributed by atoms with van der Waals surface area (Å²) in [5.41, 5.74) is -0.0515. The Hall–Kier alpha value is -2.04. The van der Waals surface area contributed by atoms with Crippen LogP contribution in [0.2, 0.25) is 0 Å². The molecule has 0 bridgehead atoms. The molecule has 0 amide bonds. The maximum atomic E-state index is 12.5. The number of guanidine groups is 1. The van der Waals surface area contributed by atoms with Crippen molar-refractivity contribution in [3.8, 4) is 0 Å². The fraction of sp³-hybridized carbons (Fsp3) is 0.833. The number of hydrogen-bond donors (Lipinski definition) is 2. The summed E-state index contributed by atoms with van der Waals surface area (Å²) in [6, 6.07) is -0.0577. The van der Waals surface area contributed by atoms with Gasteiger partial charge in [0.05, 0.1) is 6.54 Å². The molecule has 11 heteroatoms. The first kappa shape index (κ1) is 21.7. The smallest absolute Gasteiger partial charge is 0.357 e. The molecule has 1 saturated heterocycles. The van der Waals surface area contributed by atoms with Gasteiger partial charge in [-0.05, 0) is 32.6 Å². The van der Waals surface area contributed by atoms with Crippen molar-refractivity contribution in [3.05, 3.63) is 16.3 Å². The quantitative estimate of drug-likeness (QED) is 0.393. The van der Waals surface area contributed by atoms with Gasteiger partial charge in [-0.25, -0.2) is 9.48 Å². The Balaban J connectivity index is 1.47. The van der Waals surface area contributed by atoms with E-state index in [1.54, 1.807) is 4.57 Å². The molecule has 8 nitrogen and oxygen atoms in total. The number of aliphatic imine (C=N–C) groups is 1. The molecule has 1 aromatic rings. The zero-order chi connectivity index (χ0) is 20.9. The summed E-state index contributed by atoms with van der Waals surface area (Å²) < 4.78 is 40.9. The molecular formula is C18H30F3N7O. The number of nitrogens with zero attached hydrogens (tertiary/aromatic N) is 5. The average Bonchev–Trinajstić information content (AvgIpc) is 3.22. The van der Waals surface area contributed by atoms with E-state index in [1.807, 2.05) is 6.92 Å². The highest BCUT2D eigenvalue weighted by atomic mass is 19.4. The van der Waals surface area contributed by atoms with Crippen molar-refractivity contribution in [3.63, 3.8) is 0 Å². The third-order valence-corrected chi connectivity index (χ3v) is 5.19. The lowest BCUT2D eigenvalue weighted by Gasteiger charge is -2.19. The molecule has 3 heterocycles. The average molecular weight is 417 g/mol. The predicted octanol–water partition coefficient (Wildman–Crippen LogP) is 0.963. The van der Waals surface area contributed by atoms with Gasteiger partial charge in [-0.1, -0.05) is 0 Å². The third-order valence-electron chi connectivity index (χ3n) is 5.19. The number of halogens is 3. The minimum atomic E-state index is -4.17. The number of likely N-dealkylation sites (tertiary alicyclic amines) is 1. The van der Waals surface area contributed by atoms with Crippen LogP contribution in [0.1, 0.15) is 38.4 Å². The van der Waals surface area contributed by atoms with E-state index in [1.165, 1.54) is 9.58 Å². The largest absolute Gasteiger partial charge is 0.401 e. The topological polar surface area (TPSA) is 79.5 Å². The Morgan fingerprint density at radius 3 is 2.86 bits per heavy atom. The molecule has 0 aliphatic carbocycles. The minimum absolute atomic E-state index is 0.0515. The van der Waals surface area contributed by atoms with Gasteiger partial charge in [-0.2, -0.15) is 18.3 Å². The third kappa shape index (κ3) is 6.22. The van der Waals surface area contributed by atoms with Crippen molar-refractivity contribution in [2.24, 2.45) is 4.99 Å². The second kappa shape index (κ2) is 9.64. The summed E-state index contributed by atoms with van der Waals surface area (Å²) >= 11 is 0. The van der Waals surface area contributed by atoms with E-state index >= 15 is 0 Å². The van der Waals surface area contributed by atoms with Gasteiger partial charge in [-0.3, -0.25) is 14.5 Å². The minimum Gasteiger partial charge on any atom is -0.357 e. The Labute approximate surface area is 168 Å². The SMILES string of the molecule is CCNC(=NCCCn1nc2n(c1=O)CCCC2)NC1CCN(CC(F)(F)F)C1. The van der Waals surface area contributed by atoms with Crippen LogP contribution in [-0.2, 0) is 19.5 Å². The van der Waals surface area contributed by atoms with Crippen molar-refractivity contribution in [1.29, 1.82) is 0 Å². The lowest BCUT2D eigenvalue weighted by Crippen LogP contribution is -2.45. The van der Waals surface area contributed by atoms with Crippen LogP contribution in [0.4, 0.5) is 13.2 Å². The summed E-state index contributed by atoms with van der Waals surface area (Å²) in [7, 11) is 0. The molecule has 0 spiro atoms. The lowest BCUT2D eigenvalue weighted by atomic mass is 10.2. The van der Waals surface area contributed by atoms with Gasteiger partial charge >= 0.3 is 11.9 Å². The molecule has 2 aliphatic rings. The van der Waals surface area contributed by atoms with Crippen molar-refractivity contribution < 1.29 is 13.2 Å². The highest BCUT2D eigenvalue weighted by molar-refractivity contribution is 5.80. The van der Waals surface area contributed by atoms with E-state index in [4.69, 9.17) is 0 Å². The molecule has 0 aromatic carbocycles. The van der Waals surface area contributed by atoms with Crippen LogP contribution in [0.3, 0.4) is 0 Å². The maximum absolute atomic E-state index is 12.5. The molecule has 1 atom stereocenters. The van der Waals surface area contributed by atoms with Crippen LogP contribution in [0, 0.1) is 0 Å². The van der Waals surface area contributed by atoms with E-state index in [2.05, 4.69) is 20.7 Å². The molecule has 164 valence electrons. The molecule has 1 unspecified atom stereocenters. The van der Waals surface area contributed by atoms with Crippen LogP contribution in [0.5, 0.6) is 0 Å². The molecule has 3 rings (SSSR count). The highest BCUT2D eigenvalue weighted by Gasteiger charge is 2.34. The molecule has 1 fully saturated rings. The van der Waals surface area contributed by atoms with Crippen molar-refractivity contribution in [2.45, 2.75) is 64.3 Å². The van der Waals surface area contributed by atoms with Crippen molar-refractivity contribution >= 4 is 5.96 Å². The fourth-order valence-corrected chi connectivity index (χ4v) is 3.87. The normalized spacial score (nSPS) is 20.7.